The molecule has 0 fully saturated rings. The van der Waals surface area contributed by atoms with Gasteiger partial charge in [0.1, 0.15) is 0 Å². The number of amides is 1. The van der Waals surface area contributed by atoms with Crippen LogP contribution in [0.1, 0.15) is 19.0 Å². The van der Waals surface area contributed by atoms with Crippen LogP contribution in [0.15, 0.2) is 17.1 Å². The molecule has 1 heterocycles. The van der Waals surface area contributed by atoms with Crippen molar-refractivity contribution in [3.63, 3.8) is 0 Å². The number of carbonyl (C=O) groups excluding carboxylic acids is 1. The highest BCUT2D eigenvalue weighted by atomic mass is 16.3. The lowest BCUT2D eigenvalue weighted by molar-refractivity contribution is -0.128. The maximum Gasteiger partial charge on any atom is 0.223 e. The fourth-order valence-electron chi connectivity index (χ4n) is 1.62. The van der Waals surface area contributed by atoms with E-state index in [9.17, 15) is 14.7 Å². The van der Waals surface area contributed by atoms with Gasteiger partial charge in [-0.05, 0) is 6.42 Å². The summed E-state index contributed by atoms with van der Waals surface area (Å²) in [7, 11) is 3.40. The predicted octanol–water partition coefficient (Wildman–Crippen LogP) is 0.595. The molecule has 0 unspecified atom stereocenters. The van der Waals surface area contributed by atoms with Gasteiger partial charge in [0.15, 0.2) is 5.75 Å². The van der Waals surface area contributed by atoms with Crippen molar-refractivity contribution in [2.75, 3.05) is 14.1 Å². The molecule has 0 bridgehead atoms. The van der Waals surface area contributed by atoms with Crippen LogP contribution in [0.2, 0.25) is 0 Å². The zero-order valence-corrected chi connectivity index (χ0v) is 10.4. The first-order valence-corrected chi connectivity index (χ1v) is 5.58. The number of rotatable bonds is 4. The molecule has 0 aromatic carbocycles. The predicted molar refractivity (Wildman–Crippen MR) is 65.1 cm³/mol. The summed E-state index contributed by atoms with van der Waals surface area (Å²) in [6, 6.07) is 1.31. The van der Waals surface area contributed by atoms with Crippen molar-refractivity contribution >= 4 is 5.91 Å². The third-order valence-corrected chi connectivity index (χ3v) is 2.66. The van der Waals surface area contributed by atoms with Gasteiger partial charge in [-0.3, -0.25) is 9.59 Å². The molecule has 1 amide bonds. The van der Waals surface area contributed by atoms with Gasteiger partial charge < -0.3 is 14.6 Å². The molecule has 17 heavy (non-hydrogen) atoms. The second kappa shape index (κ2) is 5.52. The lowest BCUT2D eigenvalue weighted by Gasteiger charge is -2.15. The lowest BCUT2D eigenvalue weighted by atomic mass is 10.2. The first-order chi connectivity index (χ1) is 7.97. The third-order valence-electron chi connectivity index (χ3n) is 2.66. The largest absolute Gasteiger partial charge is 0.503 e. The van der Waals surface area contributed by atoms with Crippen LogP contribution in [0.5, 0.6) is 5.75 Å². The SMILES string of the molecule is CCc1c(O)c(=O)ccn1CCC(=O)N(C)C. The summed E-state index contributed by atoms with van der Waals surface area (Å²) in [5.41, 5.74) is 0.195. The van der Waals surface area contributed by atoms with Crippen molar-refractivity contribution in [1.82, 2.24) is 9.47 Å². The summed E-state index contributed by atoms with van der Waals surface area (Å²) < 4.78 is 1.75. The Morgan fingerprint density at radius 2 is 2.12 bits per heavy atom. The van der Waals surface area contributed by atoms with Crippen LogP contribution < -0.4 is 5.43 Å². The molecule has 1 aromatic heterocycles. The van der Waals surface area contributed by atoms with Gasteiger partial charge in [0, 0.05) is 39.3 Å². The monoisotopic (exact) mass is 238 g/mol. The zero-order chi connectivity index (χ0) is 13.0. The molecule has 5 heteroatoms. The molecule has 0 aliphatic heterocycles. The van der Waals surface area contributed by atoms with E-state index in [0.717, 1.165) is 0 Å². The Labute approximate surface area is 100 Å². The van der Waals surface area contributed by atoms with Crippen LogP contribution in [-0.4, -0.2) is 34.6 Å². The number of aryl methyl sites for hydroxylation is 1. The Morgan fingerprint density at radius 3 is 2.65 bits per heavy atom. The molecule has 94 valence electrons. The molecule has 0 saturated carbocycles. The van der Waals surface area contributed by atoms with Gasteiger partial charge in [-0.25, -0.2) is 0 Å². The Balaban J connectivity index is 2.89. The van der Waals surface area contributed by atoms with E-state index >= 15 is 0 Å². The van der Waals surface area contributed by atoms with Crippen molar-refractivity contribution in [2.24, 2.45) is 0 Å². The van der Waals surface area contributed by atoms with E-state index in [4.69, 9.17) is 0 Å². The van der Waals surface area contributed by atoms with Crippen molar-refractivity contribution in [3.05, 3.63) is 28.2 Å². The van der Waals surface area contributed by atoms with E-state index in [-0.39, 0.29) is 17.1 Å². The Morgan fingerprint density at radius 1 is 1.47 bits per heavy atom. The number of hydrogen-bond acceptors (Lipinski definition) is 3. The van der Waals surface area contributed by atoms with E-state index < -0.39 is 0 Å². The van der Waals surface area contributed by atoms with Crippen LogP contribution in [-0.2, 0) is 17.8 Å². The summed E-state index contributed by atoms with van der Waals surface area (Å²) in [4.78, 5) is 24.2. The van der Waals surface area contributed by atoms with Crippen molar-refractivity contribution in [2.45, 2.75) is 26.3 Å². The van der Waals surface area contributed by atoms with Crippen LogP contribution in [0.4, 0.5) is 0 Å². The van der Waals surface area contributed by atoms with Crippen LogP contribution in [0.25, 0.3) is 0 Å². The zero-order valence-electron chi connectivity index (χ0n) is 10.4. The maximum absolute atomic E-state index is 11.5. The number of aromatic hydroxyl groups is 1. The Bertz CT molecular complexity index is 463. The number of nitrogens with zero attached hydrogens (tertiary/aromatic N) is 2. The van der Waals surface area contributed by atoms with Gasteiger partial charge in [0.2, 0.25) is 11.3 Å². The normalized spacial score (nSPS) is 10.3. The van der Waals surface area contributed by atoms with E-state index in [0.29, 0.717) is 25.1 Å². The molecule has 1 aromatic rings. The van der Waals surface area contributed by atoms with Gasteiger partial charge in [-0.15, -0.1) is 0 Å². The molecule has 0 spiro atoms. The summed E-state index contributed by atoms with van der Waals surface area (Å²) in [5, 5.41) is 9.62. The van der Waals surface area contributed by atoms with Gasteiger partial charge in [0.05, 0.1) is 5.69 Å². The molecule has 0 aliphatic carbocycles. The average molecular weight is 238 g/mol. The summed E-state index contributed by atoms with van der Waals surface area (Å²) in [5.74, 6) is -0.197. The molecular formula is C12H18N2O3. The first kappa shape index (κ1) is 13.3. The minimum absolute atomic E-state index is 0.0187. The highest BCUT2D eigenvalue weighted by molar-refractivity contribution is 5.75. The van der Waals surface area contributed by atoms with E-state index in [1.807, 2.05) is 6.92 Å². The molecule has 5 nitrogen and oxygen atoms in total. The highest BCUT2D eigenvalue weighted by Crippen LogP contribution is 2.12. The summed E-state index contributed by atoms with van der Waals surface area (Å²) in [6.07, 6.45) is 2.52. The molecule has 0 aliphatic rings. The number of pyridine rings is 1. The average Bonchev–Trinajstić information content (AvgIpc) is 2.30. The van der Waals surface area contributed by atoms with E-state index in [1.165, 1.54) is 11.0 Å². The molecule has 0 atom stereocenters. The quantitative estimate of drug-likeness (QED) is 0.835. The number of hydrogen-bond donors (Lipinski definition) is 1. The van der Waals surface area contributed by atoms with Gasteiger partial charge in [-0.1, -0.05) is 6.92 Å². The van der Waals surface area contributed by atoms with Gasteiger partial charge in [0.25, 0.3) is 0 Å². The number of aromatic nitrogens is 1. The molecule has 1 rings (SSSR count). The Hall–Kier alpha value is -1.78. The van der Waals surface area contributed by atoms with Crippen LogP contribution >= 0.6 is 0 Å². The molecule has 0 saturated heterocycles. The molecule has 1 N–H and O–H groups in total. The van der Waals surface area contributed by atoms with Crippen LogP contribution in [0.3, 0.4) is 0 Å². The second-order valence-electron chi connectivity index (χ2n) is 4.06. The Kier molecular flexibility index (Phi) is 4.31. The first-order valence-electron chi connectivity index (χ1n) is 5.58. The third kappa shape index (κ3) is 3.09. The van der Waals surface area contributed by atoms with Crippen molar-refractivity contribution in [1.29, 1.82) is 0 Å². The fourth-order valence-corrected chi connectivity index (χ4v) is 1.62. The minimum atomic E-state index is -0.378. The smallest absolute Gasteiger partial charge is 0.223 e. The van der Waals surface area contributed by atoms with Crippen LogP contribution in [0, 0.1) is 0 Å². The minimum Gasteiger partial charge on any atom is -0.503 e. The fraction of sp³-hybridized carbons (Fsp3) is 0.500. The molecular weight excluding hydrogens is 220 g/mol. The number of carbonyl (C=O) groups is 1. The highest BCUT2D eigenvalue weighted by Gasteiger charge is 2.10. The molecule has 0 radical (unpaired) electrons. The van der Waals surface area contributed by atoms with Gasteiger partial charge in [-0.2, -0.15) is 0 Å². The topological polar surface area (TPSA) is 62.5 Å². The summed E-state index contributed by atoms with van der Waals surface area (Å²) in [6.45, 7) is 2.33. The van der Waals surface area contributed by atoms with E-state index in [1.54, 1.807) is 24.9 Å². The summed E-state index contributed by atoms with van der Waals surface area (Å²) >= 11 is 0. The van der Waals surface area contributed by atoms with Crippen molar-refractivity contribution < 1.29 is 9.90 Å². The standard InChI is InChI=1S/C12H18N2O3/c1-4-9-12(17)10(15)5-7-14(9)8-6-11(16)13(2)3/h5,7,17H,4,6,8H2,1-3H3. The van der Waals surface area contributed by atoms with E-state index in [2.05, 4.69) is 0 Å². The maximum atomic E-state index is 11.5. The second-order valence-corrected chi connectivity index (χ2v) is 4.06. The van der Waals surface area contributed by atoms with Crippen molar-refractivity contribution in [3.8, 4) is 5.75 Å². The van der Waals surface area contributed by atoms with Gasteiger partial charge >= 0.3 is 0 Å². The lowest BCUT2D eigenvalue weighted by Crippen LogP contribution is -2.23.